The van der Waals surface area contributed by atoms with Crippen LogP contribution in [0.15, 0.2) is 61.1 Å². The first-order chi connectivity index (χ1) is 22.7. The van der Waals surface area contributed by atoms with Crippen LogP contribution in [0.4, 0.5) is 10.2 Å². The number of aromatic nitrogens is 5. The summed E-state index contributed by atoms with van der Waals surface area (Å²) >= 11 is 0. The van der Waals surface area contributed by atoms with E-state index in [1.165, 1.54) is 6.07 Å². The highest BCUT2D eigenvalue weighted by Crippen LogP contribution is 2.36. The Kier molecular flexibility index (Phi) is 7.98. The van der Waals surface area contributed by atoms with Gasteiger partial charge in [0.25, 0.3) is 0 Å². The Morgan fingerprint density at radius 3 is 2.68 bits per heavy atom. The van der Waals surface area contributed by atoms with E-state index >= 15 is 0 Å². The van der Waals surface area contributed by atoms with Crippen LogP contribution < -0.4 is 4.90 Å². The molecule has 5 heterocycles. The number of halogens is 1. The molecule has 240 valence electrons. The number of likely N-dealkylation sites (tertiary alicyclic amines) is 1. The fraction of sp³-hybridized carbons (Fsp3) is 0.361. The predicted molar refractivity (Wildman–Crippen MR) is 176 cm³/mol. The van der Waals surface area contributed by atoms with Crippen molar-refractivity contribution in [3.63, 3.8) is 0 Å². The molecule has 2 aliphatic rings. The molecule has 1 N–H and O–H groups in total. The third kappa shape index (κ3) is 5.85. The molecule has 0 amide bonds. The lowest BCUT2D eigenvalue weighted by molar-refractivity contribution is 0.0697. The highest BCUT2D eigenvalue weighted by atomic mass is 19.1. The number of hydrogen-bond acceptors (Lipinski definition) is 7. The number of nitriles is 1. The fourth-order valence-corrected chi connectivity index (χ4v) is 7.00. The number of piperidine rings is 1. The van der Waals surface area contributed by atoms with E-state index in [2.05, 4.69) is 56.0 Å². The lowest BCUT2D eigenvalue weighted by Crippen LogP contribution is -2.41. The summed E-state index contributed by atoms with van der Waals surface area (Å²) in [6.07, 6.45) is 6.19. The molecule has 0 unspecified atom stereocenters. The highest BCUT2D eigenvalue weighted by Gasteiger charge is 2.34. The number of carbonyl (C=O) groups is 1. The minimum atomic E-state index is -0.959. The maximum absolute atomic E-state index is 14.9. The van der Waals surface area contributed by atoms with E-state index in [1.807, 2.05) is 18.6 Å². The van der Waals surface area contributed by atoms with Crippen LogP contribution in [0.25, 0.3) is 11.0 Å². The molecule has 0 aliphatic carbocycles. The zero-order chi connectivity index (χ0) is 32.7. The van der Waals surface area contributed by atoms with Gasteiger partial charge in [0, 0.05) is 42.5 Å². The van der Waals surface area contributed by atoms with Crippen LogP contribution >= 0.6 is 0 Å². The summed E-state index contributed by atoms with van der Waals surface area (Å²) < 4.78 is 19.1. The number of carboxylic acids is 1. The second kappa shape index (κ2) is 12.3. The van der Waals surface area contributed by atoms with Gasteiger partial charge in [0.15, 0.2) is 0 Å². The molecule has 5 aromatic rings. The van der Waals surface area contributed by atoms with Crippen molar-refractivity contribution < 1.29 is 14.3 Å². The number of benzene rings is 2. The number of hydrogen-bond donors (Lipinski definition) is 1. The molecule has 0 atom stereocenters. The summed E-state index contributed by atoms with van der Waals surface area (Å²) in [6.45, 7) is 9.22. The quantitative estimate of drug-likeness (QED) is 0.238. The van der Waals surface area contributed by atoms with Crippen molar-refractivity contribution in [3.8, 4) is 6.07 Å². The molecule has 11 heteroatoms. The molecule has 7 rings (SSSR count). The summed E-state index contributed by atoms with van der Waals surface area (Å²) in [6, 6.07) is 16.5. The Morgan fingerprint density at radius 1 is 1.09 bits per heavy atom. The number of nitrogens with zero attached hydrogens (tertiary/aromatic N) is 8. The van der Waals surface area contributed by atoms with Gasteiger partial charge in [0.2, 0.25) is 0 Å². The molecule has 2 aromatic carbocycles. The minimum absolute atomic E-state index is 0.114. The molecule has 0 bridgehead atoms. The number of pyridine rings is 1. The molecular formula is C36H37FN8O2. The average Bonchev–Trinajstić information content (AvgIpc) is 3.69. The van der Waals surface area contributed by atoms with Crippen LogP contribution in [0.3, 0.4) is 0 Å². The van der Waals surface area contributed by atoms with Gasteiger partial charge in [0.1, 0.15) is 17.5 Å². The van der Waals surface area contributed by atoms with Crippen molar-refractivity contribution >= 4 is 22.8 Å². The zero-order valence-corrected chi connectivity index (χ0v) is 26.7. The molecule has 0 radical (unpaired) electrons. The molecule has 3 aromatic heterocycles. The first-order valence-corrected chi connectivity index (χ1v) is 16.1. The third-order valence-electron chi connectivity index (χ3n) is 9.95. The van der Waals surface area contributed by atoms with Gasteiger partial charge >= 0.3 is 5.97 Å². The van der Waals surface area contributed by atoms with Crippen molar-refractivity contribution in [2.24, 2.45) is 0 Å². The van der Waals surface area contributed by atoms with E-state index in [9.17, 15) is 19.6 Å². The molecule has 10 nitrogen and oxygen atoms in total. The smallest absolute Gasteiger partial charge is 0.335 e. The van der Waals surface area contributed by atoms with Crippen molar-refractivity contribution in [1.82, 2.24) is 29.0 Å². The summed E-state index contributed by atoms with van der Waals surface area (Å²) in [5.74, 6) is 0.460. The fourth-order valence-electron chi connectivity index (χ4n) is 7.00. The van der Waals surface area contributed by atoms with Crippen molar-refractivity contribution in [1.29, 1.82) is 5.26 Å². The molecule has 1 saturated heterocycles. The van der Waals surface area contributed by atoms with Crippen LogP contribution in [0.1, 0.15) is 70.9 Å². The van der Waals surface area contributed by atoms with Crippen LogP contribution in [0, 0.1) is 17.1 Å². The van der Waals surface area contributed by atoms with Crippen molar-refractivity contribution in [3.05, 3.63) is 106 Å². The molecule has 2 aliphatic heterocycles. The van der Waals surface area contributed by atoms with Crippen LogP contribution in [0.5, 0.6) is 0 Å². The van der Waals surface area contributed by atoms with Gasteiger partial charge in [-0.15, -0.1) is 0 Å². The molecule has 1 fully saturated rings. The molecule has 47 heavy (non-hydrogen) atoms. The molecule has 0 saturated carbocycles. The Bertz CT molecular complexity index is 2020. The highest BCUT2D eigenvalue weighted by molar-refractivity contribution is 5.92. The molecule has 0 spiro atoms. The lowest BCUT2D eigenvalue weighted by atomic mass is 9.77. The van der Waals surface area contributed by atoms with Crippen molar-refractivity contribution in [2.75, 3.05) is 24.5 Å². The van der Waals surface area contributed by atoms with E-state index in [1.54, 1.807) is 24.3 Å². The van der Waals surface area contributed by atoms with Gasteiger partial charge in [-0.3, -0.25) is 4.90 Å². The summed E-state index contributed by atoms with van der Waals surface area (Å²) in [5.41, 5.74) is 5.70. The van der Waals surface area contributed by atoms with E-state index in [0.29, 0.717) is 37.2 Å². The van der Waals surface area contributed by atoms with E-state index < -0.39 is 5.97 Å². The second-order valence-electron chi connectivity index (χ2n) is 12.9. The number of aromatic carboxylic acids is 1. The van der Waals surface area contributed by atoms with Gasteiger partial charge in [0.05, 0.1) is 53.3 Å². The van der Waals surface area contributed by atoms with Crippen LogP contribution in [-0.2, 0) is 38.0 Å². The maximum Gasteiger partial charge on any atom is 0.335 e. The van der Waals surface area contributed by atoms with Crippen LogP contribution in [0.2, 0.25) is 0 Å². The minimum Gasteiger partial charge on any atom is -0.478 e. The predicted octanol–water partition coefficient (Wildman–Crippen LogP) is 5.52. The lowest BCUT2D eigenvalue weighted by Gasteiger charge is -2.39. The Morgan fingerprint density at radius 2 is 1.91 bits per heavy atom. The van der Waals surface area contributed by atoms with Gasteiger partial charge in [-0.1, -0.05) is 13.0 Å². The third-order valence-corrected chi connectivity index (χ3v) is 9.95. The van der Waals surface area contributed by atoms with Gasteiger partial charge in [-0.05, 0) is 87.3 Å². The Balaban J connectivity index is 1.08. The number of aryl methyl sites for hydroxylation is 1. The van der Waals surface area contributed by atoms with Gasteiger partial charge in [-0.2, -0.15) is 5.26 Å². The Hall–Kier alpha value is -5.08. The summed E-state index contributed by atoms with van der Waals surface area (Å²) in [7, 11) is 0. The average molecular weight is 633 g/mol. The molecular weight excluding hydrogens is 595 g/mol. The number of fused-ring (bicyclic) bond motifs is 2. The maximum atomic E-state index is 14.9. The number of imidazole rings is 2. The second-order valence-corrected chi connectivity index (χ2v) is 12.9. The SMILES string of the molecule is CCn1cncc1Cn1c(CN2CCC(C)(c3cccc(N4CCc5cc(C#N)cc(F)c5C4)n3)CC2)nc2ccc(C(=O)O)cc21. The van der Waals surface area contributed by atoms with Crippen molar-refractivity contribution in [2.45, 2.75) is 64.7 Å². The largest absolute Gasteiger partial charge is 0.478 e. The van der Waals surface area contributed by atoms with Gasteiger partial charge < -0.3 is 19.1 Å². The standard InChI is InChI=1S/C36H37FN8O2/c1-3-43-23-39-19-27(43)20-45-31-17-26(35(46)47)7-8-30(31)40-34(45)22-42-13-10-36(2,11-14-42)32-5-4-6-33(41-32)44-12-9-25-15-24(18-38)16-29(37)28(25)21-44/h4-8,15-17,19,23H,3,9-14,20-22H2,1-2H3,(H,46,47). The van der Waals surface area contributed by atoms with Crippen LogP contribution in [-0.4, -0.2) is 59.7 Å². The number of rotatable bonds is 8. The summed E-state index contributed by atoms with van der Waals surface area (Å²) in [5, 5.41) is 18.9. The van der Waals surface area contributed by atoms with E-state index in [-0.39, 0.29) is 16.8 Å². The summed E-state index contributed by atoms with van der Waals surface area (Å²) in [4.78, 5) is 30.8. The zero-order valence-electron chi connectivity index (χ0n) is 26.7. The normalized spacial score (nSPS) is 16.3. The first-order valence-electron chi connectivity index (χ1n) is 16.1. The topological polar surface area (TPSA) is 116 Å². The van der Waals surface area contributed by atoms with Gasteiger partial charge in [-0.25, -0.2) is 24.1 Å². The number of carboxylic acid groups (broad SMARTS) is 1. The van der Waals surface area contributed by atoms with E-state index in [0.717, 1.165) is 78.6 Å². The monoisotopic (exact) mass is 632 g/mol. The Labute approximate surface area is 272 Å². The van der Waals surface area contributed by atoms with E-state index in [4.69, 9.17) is 9.97 Å². The first kappa shape index (κ1) is 30.6. The number of anilines is 1.